The number of carbonyl (C=O) groups is 2. The quantitative estimate of drug-likeness (QED) is 0.804. The van der Waals surface area contributed by atoms with Crippen molar-refractivity contribution in [2.75, 3.05) is 0 Å². The maximum Gasteiger partial charge on any atom is 0.326 e. The van der Waals surface area contributed by atoms with Crippen LogP contribution in [-0.4, -0.2) is 28.0 Å². The van der Waals surface area contributed by atoms with Gasteiger partial charge in [-0.2, -0.15) is 0 Å². The molecule has 1 heterocycles. The molecule has 0 aliphatic rings. The molecule has 1 aromatic rings. The Balaban J connectivity index is 2.67. The molecule has 0 bridgehead atoms. The molecule has 0 spiro atoms. The summed E-state index contributed by atoms with van der Waals surface area (Å²) in [6, 6.07) is 2.84. The van der Waals surface area contributed by atoms with Gasteiger partial charge in [-0.15, -0.1) is 0 Å². The fourth-order valence-corrected chi connectivity index (χ4v) is 1.65. The SMILES string of the molecule is CC(=O)NC(CC(C)c1ccncc1)C(=O)O. The summed E-state index contributed by atoms with van der Waals surface area (Å²) in [5.41, 5.74) is 1.01. The highest BCUT2D eigenvalue weighted by molar-refractivity contribution is 5.82. The number of nitrogens with zero attached hydrogens (tertiary/aromatic N) is 1. The smallest absolute Gasteiger partial charge is 0.326 e. The summed E-state index contributed by atoms with van der Waals surface area (Å²) < 4.78 is 0. The zero-order valence-corrected chi connectivity index (χ0v) is 9.88. The average Bonchev–Trinajstić information content (AvgIpc) is 2.28. The summed E-state index contributed by atoms with van der Waals surface area (Å²) >= 11 is 0. The number of aliphatic carboxylic acids is 1. The summed E-state index contributed by atoms with van der Waals surface area (Å²) in [5, 5.41) is 11.4. The highest BCUT2D eigenvalue weighted by atomic mass is 16.4. The Hall–Kier alpha value is -1.91. The number of nitrogens with one attached hydrogen (secondary N) is 1. The molecule has 0 radical (unpaired) electrons. The van der Waals surface area contributed by atoms with Gasteiger partial charge in [0.15, 0.2) is 0 Å². The number of carboxylic acid groups (broad SMARTS) is 1. The van der Waals surface area contributed by atoms with E-state index in [-0.39, 0.29) is 11.8 Å². The van der Waals surface area contributed by atoms with Gasteiger partial charge in [0.05, 0.1) is 0 Å². The van der Waals surface area contributed by atoms with Crippen molar-refractivity contribution in [1.82, 2.24) is 10.3 Å². The molecule has 0 aliphatic heterocycles. The van der Waals surface area contributed by atoms with Crippen LogP contribution in [0.2, 0.25) is 0 Å². The number of hydrogen-bond acceptors (Lipinski definition) is 3. The maximum absolute atomic E-state index is 11.0. The zero-order valence-electron chi connectivity index (χ0n) is 9.88. The third kappa shape index (κ3) is 4.22. The Morgan fingerprint density at radius 1 is 1.41 bits per heavy atom. The van der Waals surface area contributed by atoms with Crippen LogP contribution >= 0.6 is 0 Å². The number of aromatic nitrogens is 1. The minimum Gasteiger partial charge on any atom is -0.480 e. The molecule has 0 aliphatic carbocycles. The molecule has 0 saturated heterocycles. The second kappa shape index (κ2) is 5.98. The van der Waals surface area contributed by atoms with Gasteiger partial charge in [-0.3, -0.25) is 9.78 Å². The van der Waals surface area contributed by atoms with Crippen molar-refractivity contribution in [3.63, 3.8) is 0 Å². The highest BCUT2D eigenvalue weighted by Gasteiger charge is 2.21. The Morgan fingerprint density at radius 2 is 2.00 bits per heavy atom. The van der Waals surface area contributed by atoms with Crippen LogP contribution in [0.25, 0.3) is 0 Å². The Bertz CT molecular complexity index is 392. The standard InChI is InChI=1S/C12H16N2O3/c1-8(10-3-5-13-6-4-10)7-11(12(16)17)14-9(2)15/h3-6,8,11H,7H2,1-2H3,(H,14,15)(H,16,17). The molecule has 0 saturated carbocycles. The molecule has 5 nitrogen and oxygen atoms in total. The predicted octanol–water partition coefficient (Wildman–Crippen LogP) is 1.16. The Morgan fingerprint density at radius 3 is 2.47 bits per heavy atom. The van der Waals surface area contributed by atoms with Crippen molar-refractivity contribution in [3.8, 4) is 0 Å². The molecule has 2 unspecified atom stereocenters. The van der Waals surface area contributed by atoms with Crippen molar-refractivity contribution in [2.45, 2.75) is 32.2 Å². The van der Waals surface area contributed by atoms with Crippen molar-refractivity contribution in [2.24, 2.45) is 0 Å². The van der Waals surface area contributed by atoms with Gasteiger partial charge in [0.2, 0.25) is 5.91 Å². The summed E-state index contributed by atoms with van der Waals surface area (Å²) in [6.07, 6.45) is 3.69. The first-order chi connectivity index (χ1) is 8.00. The number of amides is 1. The number of hydrogen-bond donors (Lipinski definition) is 2. The lowest BCUT2D eigenvalue weighted by molar-refractivity contribution is -0.141. The number of carboxylic acids is 1. The van der Waals surface area contributed by atoms with Crippen LogP contribution in [-0.2, 0) is 9.59 Å². The Labute approximate surface area is 99.9 Å². The number of carbonyl (C=O) groups excluding carboxylic acids is 1. The highest BCUT2D eigenvalue weighted by Crippen LogP contribution is 2.19. The Kier molecular flexibility index (Phi) is 4.63. The van der Waals surface area contributed by atoms with Crippen molar-refractivity contribution in [1.29, 1.82) is 0 Å². The van der Waals surface area contributed by atoms with Crippen LogP contribution in [0, 0.1) is 0 Å². The van der Waals surface area contributed by atoms with Gasteiger partial charge in [-0.1, -0.05) is 6.92 Å². The summed E-state index contributed by atoms with van der Waals surface area (Å²) in [4.78, 5) is 25.8. The first-order valence-electron chi connectivity index (χ1n) is 5.40. The second-order valence-electron chi connectivity index (χ2n) is 4.01. The van der Waals surface area contributed by atoms with Gasteiger partial charge < -0.3 is 10.4 Å². The third-order valence-electron chi connectivity index (χ3n) is 2.54. The van der Waals surface area contributed by atoms with Crippen LogP contribution in [0.4, 0.5) is 0 Å². The van der Waals surface area contributed by atoms with E-state index in [4.69, 9.17) is 5.11 Å². The van der Waals surface area contributed by atoms with E-state index in [0.717, 1.165) is 5.56 Å². The lowest BCUT2D eigenvalue weighted by Gasteiger charge is -2.18. The zero-order chi connectivity index (χ0) is 12.8. The van der Waals surface area contributed by atoms with Crippen molar-refractivity contribution in [3.05, 3.63) is 30.1 Å². The lowest BCUT2D eigenvalue weighted by atomic mass is 9.94. The van der Waals surface area contributed by atoms with Crippen molar-refractivity contribution >= 4 is 11.9 Å². The van der Waals surface area contributed by atoms with Gasteiger partial charge in [-0.25, -0.2) is 4.79 Å². The van der Waals surface area contributed by atoms with E-state index in [1.807, 2.05) is 19.1 Å². The summed E-state index contributed by atoms with van der Waals surface area (Å²) in [6.45, 7) is 3.24. The van der Waals surface area contributed by atoms with Gasteiger partial charge in [-0.05, 0) is 30.0 Å². The van der Waals surface area contributed by atoms with E-state index in [1.165, 1.54) is 6.92 Å². The molecule has 92 valence electrons. The molecule has 0 aromatic carbocycles. The van der Waals surface area contributed by atoms with Crippen LogP contribution in [0.15, 0.2) is 24.5 Å². The summed E-state index contributed by atoms with van der Waals surface area (Å²) in [5.74, 6) is -1.30. The molecule has 2 N–H and O–H groups in total. The molecule has 1 rings (SSSR count). The molecule has 2 atom stereocenters. The van der Waals surface area contributed by atoms with Crippen LogP contribution in [0.5, 0.6) is 0 Å². The average molecular weight is 236 g/mol. The fraction of sp³-hybridized carbons (Fsp3) is 0.417. The topological polar surface area (TPSA) is 79.3 Å². The monoisotopic (exact) mass is 236 g/mol. The molecule has 1 aromatic heterocycles. The minimum absolute atomic E-state index is 0.0472. The molecular formula is C12H16N2O3. The summed E-state index contributed by atoms with van der Waals surface area (Å²) in [7, 11) is 0. The lowest BCUT2D eigenvalue weighted by Crippen LogP contribution is -2.40. The first-order valence-corrected chi connectivity index (χ1v) is 5.40. The van der Waals surface area contributed by atoms with Crippen molar-refractivity contribution < 1.29 is 14.7 Å². The van der Waals surface area contributed by atoms with Crippen LogP contribution in [0.1, 0.15) is 31.7 Å². The number of pyridine rings is 1. The van der Waals surface area contributed by atoms with Gasteiger partial charge in [0.25, 0.3) is 0 Å². The van der Waals surface area contributed by atoms with E-state index in [0.29, 0.717) is 6.42 Å². The van der Waals surface area contributed by atoms with Gasteiger partial charge >= 0.3 is 5.97 Å². The van der Waals surface area contributed by atoms with E-state index >= 15 is 0 Å². The normalized spacial score (nSPS) is 13.8. The largest absolute Gasteiger partial charge is 0.480 e. The third-order valence-corrected chi connectivity index (χ3v) is 2.54. The van der Waals surface area contributed by atoms with E-state index in [2.05, 4.69) is 10.3 Å². The number of rotatable bonds is 5. The molecular weight excluding hydrogens is 220 g/mol. The fourth-order valence-electron chi connectivity index (χ4n) is 1.65. The van der Waals surface area contributed by atoms with E-state index in [1.54, 1.807) is 12.4 Å². The predicted molar refractivity (Wildman–Crippen MR) is 62.5 cm³/mol. The minimum atomic E-state index is -1.01. The van der Waals surface area contributed by atoms with E-state index < -0.39 is 12.0 Å². The molecule has 5 heteroatoms. The maximum atomic E-state index is 11.0. The molecule has 1 amide bonds. The van der Waals surface area contributed by atoms with Gasteiger partial charge in [0, 0.05) is 19.3 Å². The molecule has 17 heavy (non-hydrogen) atoms. The second-order valence-corrected chi connectivity index (χ2v) is 4.01. The van der Waals surface area contributed by atoms with Crippen LogP contribution < -0.4 is 5.32 Å². The van der Waals surface area contributed by atoms with Gasteiger partial charge in [0.1, 0.15) is 6.04 Å². The first kappa shape index (κ1) is 13.2. The van der Waals surface area contributed by atoms with E-state index in [9.17, 15) is 9.59 Å². The van der Waals surface area contributed by atoms with Crippen LogP contribution in [0.3, 0.4) is 0 Å². The molecule has 0 fully saturated rings.